The van der Waals surface area contributed by atoms with Gasteiger partial charge in [0.15, 0.2) is 0 Å². The third-order valence-electron chi connectivity index (χ3n) is 10.1. The molecule has 0 saturated carbocycles. The van der Waals surface area contributed by atoms with E-state index in [4.69, 9.17) is 32.7 Å². The summed E-state index contributed by atoms with van der Waals surface area (Å²) >= 11 is 0. The minimum absolute atomic E-state index is 0.0255. The van der Waals surface area contributed by atoms with Gasteiger partial charge in [0.1, 0.15) is 19.7 Å². The van der Waals surface area contributed by atoms with Crippen LogP contribution in [0.1, 0.15) is 167 Å². The molecular weight excluding hydrogens is 743 g/mol. The minimum Gasteiger partial charge on any atom is -0.359 e. The van der Waals surface area contributed by atoms with Crippen LogP contribution in [0.2, 0.25) is 0 Å². The molecule has 12 heteroatoms. The monoisotopic (exact) mass is 831 g/mol. The number of unbranched alkanes of at least 4 members (excludes halogenated alkanes) is 16. The Labute approximate surface area is 349 Å². The SMILES string of the molecule is CCCCCCCCCCCCCCCCCOCOCC(COP(=O)(O)OCCN(C)CC)OCOCCCCCNCOC(C)c1ccc(CC(C)C)cc1. The topological polar surface area (TPSA) is 117 Å². The highest BCUT2D eigenvalue weighted by Crippen LogP contribution is 2.43. The molecule has 0 radical (unpaired) electrons. The predicted molar refractivity (Wildman–Crippen MR) is 233 cm³/mol. The van der Waals surface area contributed by atoms with E-state index in [-0.39, 0.29) is 39.5 Å². The molecule has 0 spiro atoms. The number of hydrogen-bond acceptors (Lipinski definition) is 10. The molecule has 0 aromatic heterocycles. The van der Waals surface area contributed by atoms with Gasteiger partial charge < -0.3 is 33.5 Å². The number of likely N-dealkylation sites (N-methyl/N-ethyl adjacent to an activating group) is 1. The van der Waals surface area contributed by atoms with Crippen LogP contribution in [-0.4, -0.2) is 95.9 Å². The molecule has 3 atom stereocenters. The lowest BCUT2D eigenvalue weighted by molar-refractivity contribution is -0.143. The first-order valence-corrected chi connectivity index (χ1v) is 24.2. The zero-order valence-corrected chi connectivity index (χ0v) is 38.3. The zero-order chi connectivity index (χ0) is 41.7. The fraction of sp³-hybridized carbons (Fsp3) is 0.867. The molecule has 0 aliphatic carbocycles. The van der Waals surface area contributed by atoms with Gasteiger partial charge in [-0.3, -0.25) is 14.4 Å². The van der Waals surface area contributed by atoms with Crippen LogP contribution < -0.4 is 5.32 Å². The van der Waals surface area contributed by atoms with E-state index in [0.29, 0.717) is 32.4 Å². The summed E-state index contributed by atoms with van der Waals surface area (Å²) in [6, 6.07) is 8.74. The maximum atomic E-state index is 12.4. The smallest absolute Gasteiger partial charge is 0.359 e. The van der Waals surface area contributed by atoms with E-state index >= 15 is 0 Å². The van der Waals surface area contributed by atoms with Crippen molar-refractivity contribution in [1.29, 1.82) is 0 Å². The molecule has 0 bridgehead atoms. The maximum absolute atomic E-state index is 12.4. The molecule has 336 valence electrons. The summed E-state index contributed by atoms with van der Waals surface area (Å²) in [5.41, 5.74) is 2.56. The largest absolute Gasteiger partial charge is 0.472 e. The number of benzene rings is 1. The van der Waals surface area contributed by atoms with Gasteiger partial charge in [0.2, 0.25) is 0 Å². The van der Waals surface area contributed by atoms with Crippen LogP contribution in [-0.2, 0) is 43.7 Å². The molecule has 0 aliphatic rings. The summed E-state index contributed by atoms with van der Waals surface area (Å²) in [5.74, 6) is 0.652. The van der Waals surface area contributed by atoms with Crippen molar-refractivity contribution in [3.8, 4) is 0 Å². The summed E-state index contributed by atoms with van der Waals surface area (Å²) < 4.78 is 51.7. The van der Waals surface area contributed by atoms with E-state index in [0.717, 1.165) is 51.6 Å². The summed E-state index contributed by atoms with van der Waals surface area (Å²) in [4.78, 5) is 12.2. The average molecular weight is 831 g/mol. The van der Waals surface area contributed by atoms with Crippen molar-refractivity contribution in [2.24, 2.45) is 5.92 Å². The van der Waals surface area contributed by atoms with Crippen molar-refractivity contribution in [3.05, 3.63) is 35.4 Å². The van der Waals surface area contributed by atoms with E-state index in [2.05, 4.69) is 57.3 Å². The van der Waals surface area contributed by atoms with E-state index in [1.54, 1.807) is 0 Å². The molecule has 0 saturated heterocycles. The second-order valence-electron chi connectivity index (χ2n) is 16.0. The number of ether oxygens (including phenoxy) is 5. The van der Waals surface area contributed by atoms with Gasteiger partial charge in [-0.2, -0.15) is 0 Å². The predicted octanol–water partition coefficient (Wildman–Crippen LogP) is 11.0. The number of phosphoric acid groups is 1. The zero-order valence-electron chi connectivity index (χ0n) is 37.4. The molecule has 1 aromatic rings. The van der Waals surface area contributed by atoms with Crippen molar-refractivity contribution in [3.63, 3.8) is 0 Å². The fourth-order valence-corrected chi connectivity index (χ4v) is 7.03. The number of rotatable bonds is 43. The first-order valence-electron chi connectivity index (χ1n) is 22.7. The van der Waals surface area contributed by atoms with Gasteiger partial charge in [-0.05, 0) is 76.2 Å². The van der Waals surface area contributed by atoms with Gasteiger partial charge in [-0.25, -0.2) is 4.57 Å². The fourth-order valence-electron chi connectivity index (χ4n) is 6.28. The molecular formula is C45H87N2O9P. The van der Waals surface area contributed by atoms with Crippen molar-refractivity contribution in [1.82, 2.24) is 10.2 Å². The average Bonchev–Trinajstić information content (AvgIpc) is 3.19. The third kappa shape index (κ3) is 34.5. The highest BCUT2D eigenvalue weighted by Gasteiger charge is 2.24. The van der Waals surface area contributed by atoms with Crippen LogP contribution in [0.25, 0.3) is 0 Å². The van der Waals surface area contributed by atoms with Gasteiger partial charge in [0, 0.05) is 19.8 Å². The molecule has 0 amide bonds. The number of nitrogens with one attached hydrogen (secondary N) is 1. The van der Waals surface area contributed by atoms with Gasteiger partial charge in [0.05, 0.1) is 32.7 Å². The summed E-state index contributed by atoms with van der Waals surface area (Å²) in [6.07, 6.45) is 23.3. The van der Waals surface area contributed by atoms with Gasteiger partial charge >= 0.3 is 7.82 Å². The normalized spacial score (nSPS) is 14.1. The molecule has 1 rings (SSSR count). The molecule has 0 fully saturated rings. The maximum Gasteiger partial charge on any atom is 0.472 e. The van der Waals surface area contributed by atoms with E-state index in [9.17, 15) is 9.46 Å². The Balaban J connectivity index is 2.17. The van der Waals surface area contributed by atoms with Crippen LogP contribution >= 0.6 is 7.82 Å². The van der Waals surface area contributed by atoms with Crippen molar-refractivity contribution < 1.29 is 42.2 Å². The standard InChI is InChI=1S/C45H87N2O9P/c1-7-9-10-11-12-13-14-15-16-17-18-19-20-21-24-32-50-39-52-36-45(37-56-57(48,49)55-34-31-47(6)8-2)54-40-51-33-25-22-23-30-46-38-53-42(5)44-28-26-43(27-29-44)35-41(3)4/h26-29,41-42,45-46H,7-25,30-40H2,1-6H3,(H,48,49). The van der Waals surface area contributed by atoms with Crippen molar-refractivity contribution in [2.45, 2.75) is 169 Å². The van der Waals surface area contributed by atoms with Crippen molar-refractivity contribution >= 4 is 7.82 Å². The van der Waals surface area contributed by atoms with Gasteiger partial charge in [-0.1, -0.05) is 142 Å². The summed E-state index contributed by atoms with van der Waals surface area (Å²) in [5, 5.41) is 3.36. The van der Waals surface area contributed by atoms with Crippen LogP contribution in [0, 0.1) is 5.92 Å². The summed E-state index contributed by atoms with van der Waals surface area (Å²) in [6.45, 7) is 15.0. The molecule has 11 nitrogen and oxygen atoms in total. The Morgan fingerprint density at radius 2 is 1.23 bits per heavy atom. The third-order valence-corrected chi connectivity index (χ3v) is 11.1. The lowest BCUT2D eigenvalue weighted by atomic mass is 10.0. The molecule has 0 aliphatic heterocycles. The Kier molecular flexibility index (Phi) is 36.1. The van der Waals surface area contributed by atoms with Gasteiger partial charge in [0.25, 0.3) is 0 Å². The highest BCUT2D eigenvalue weighted by molar-refractivity contribution is 7.47. The van der Waals surface area contributed by atoms with E-state index in [1.807, 2.05) is 18.9 Å². The lowest BCUT2D eigenvalue weighted by Gasteiger charge is -2.20. The number of phosphoric ester groups is 1. The van der Waals surface area contributed by atoms with Crippen molar-refractivity contribution in [2.75, 3.05) is 80.0 Å². The first kappa shape index (κ1) is 54.1. The number of nitrogens with zero attached hydrogens (tertiary/aromatic N) is 1. The quantitative estimate of drug-likeness (QED) is 0.0372. The molecule has 0 heterocycles. The van der Waals surface area contributed by atoms with Gasteiger partial charge in [-0.15, -0.1) is 0 Å². The number of hydrogen-bond donors (Lipinski definition) is 2. The Hall–Kier alpha value is -0.950. The Morgan fingerprint density at radius 3 is 1.81 bits per heavy atom. The van der Waals surface area contributed by atoms with Crippen LogP contribution in [0.5, 0.6) is 0 Å². The highest BCUT2D eigenvalue weighted by atomic mass is 31.2. The molecule has 3 unspecified atom stereocenters. The van der Waals surface area contributed by atoms with E-state index < -0.39 is 13.9 Å². The minimum atomic E-state index is -4.24. The molecule has 2 N–H and O–H groups in total. The molecule has 1 aromatic carbocycles. The van der Waals surface area contributed by atoms with Crippen LogP contribution in [0.15, 0.2) is 24.3 Å². The summed E-state index contributed by atoms with van der Waals surface area (Å²) in [7, 11) is -2.32. The first-order chi connectivity index (χ1) is 27.7. The Bertz CT molecular complexity index is 1050. The second kappa shape index (κ2) is 38.0. The molecule has 57 heavy (non-hydrogen) atoms. The lowest BCUT2D eigenvalue weighted by Crippen LogP contribution is -2.27. The van der Waals surface area contributed by atoms with Crippen LogP contribution in [0.3, 0.4) is 0 Å². The Morgan fingerprint density at radius 1 is 0.667 bits per heavy atom. The van der Waals surface area contributed by atoms with E-state index in [1.165, 1.54) is 94.6 Å². The van der Waals surface area contributed by atoms with Crippen LogP contribution in [0.4, 0.5) is 0 Å². The second-order valence-corrected chi connectivity index (χ2v) is 17.5.